The molecule has 1 saturated heterocycles. The van der Waals surface area contributed by atoms with Gasteiger partial charge in [-0.15, -0.1) is 0 Å². The molecule has 1 heterocycles. The fourth-order valence-electron chi connectivity index (χ4n) is 2.38. The van der Waals surface area contributed by atoms with Crippen LogP contribution in [0.3, 0.4) is 0 Å². The third kappa shape index (κ3) is 5.89. The van der Waals surface area contributed by atoms with E-state index in [0.29, 0.717) is 0 Å². The maximum atomic E-state index is 12.9. The first-order chi connectivity index (χ1) is 8.83. The molecule has 0 saturated carbocycles. The number of carbonyl (C=O) groups is 1. The first-order valence-electron chi connectivity index (χ1n) is 7.54. The van der Waals surface area contributed by atoms with Crippen LogP contribution >= 0.6 is 0 Å². The van der Waals surface area contributed by atoms with E-state index in [2.05, 4.69) is 33.0 Å². The Morgan fingerprint density at radius 1 is 1.32 bits per heavy atom. The Hall–Kier alpha value is -0.640. The van der Waals surface area contributed by atoms with Gasteiger partial charge in [-0.1, -0.05) is 32.6 Å². The average Bonchev–Trinajstić information content (AvgIpc) is 2.26. The zero-order valence-electron chi connectivity index (χ0n) is 12.8. The third-order valence-corrected chi connectivity index (χ3v) is 3.40. The van der Waals surface area contributed by atoms with Crippen molar-refractivity contribution < 1.29 is 9.18 Å². The number of unbranched alkanes of at least 4 members (excludes halogenated alkanes) is 3. The highest BCUT2D eigenvalue weighted by molar-refractivity contribution is 5.82. The molecule has 0 aliphatic carbocycles. The van der Waals surface area contributed by atoms with Crippen molar-refractivity contribution in [2.45, 2.75) is 77.6 Å². The number of likely N-dealkylation sites (tertiary alicyclic amines) is 1. The molecular weight excluding hydrogens is 243 g/mol. The van der Waals surface area contributed by atoms with E-state index in [9.17, 15) is 9.18 Å². The molecule has 0 bridgehead atoms. The van der Waals surface area contributed by atoms with Gasteiger partial charge in [0.05, 0.1) is 19.1 Å². The summed E-state index contributed by atoms with van der Waals surface area (Å²) in [7, 11) is 0. The summed E-state index contributed by atoms with van der Waals surface area (Å²) in [4.78, 5) is 13.9. The van der Waals surface area contributed by atoms with Crippen molar-refractivity contribution in [1.29, 1.82) is 0 Å². The van der Waals surface area contributed by atoms with Crippen molar-refractivity contribution in [3.05, 3.63) is 0 Å². The summed E-state index contributed by atoms with van der Waals surface area (Å²) >= 11 is 0. The van der Waals surface area contributed by atoms with E-state index < -0.39 is 6.17 Å². The Morgan fingerprint density at radius 3 is 2.42 bits per heavy atom. The predicted molar refractivity (Wildman–Crippen MR) is 76.9 cm³/mol. The lowest BCUT2D eigenvalue weighted by Crippen LogP contribution is -2.59. The summed E-state index contributed by atoms with van der Waals surface area (Å²) in [5, 5.41) is 3.38. The van der Waals surface area contributed by atoms with E-state index in [1.807, 2.05) is 0 Å². The number of alkyl halides is 1. The molecule has 0 aromatic rings. The van der Waals surface area contributed by atoms with Gasteiger partial charge in [0.15, 0.2) is 0 Å². The highest BCUT2D eigenvalue weighted by atomic mass is 19.1. The lowest BCUT2D eigenvalue weighted by molar-refractivity contribution is -0.141. The van der Waals surface area contributed by atoms with Gasteiger partial charge in [0.25, 0.3) is 0 Å². The van der Waals surface area contributed by atoms with Gasteiger partial charge in [-0.3, -0.25) is 4.79 Å². The smallest absolute Gasteiger partial charge is 0.239 e. The number of hydrogen-bond donors (Lipinski definition) is 1. The fourth-order valence-corrected chi connectivity index (χ4v) is 2.38. The van der Waals surface area contributed by atoms with Crippen molar-refractivity contribution in [3.63, 3.8) is 0 Å². The van der Waals surface area contributed by atoms with E-state index in [-0.39, 0.29) is 30.6 Å². The highest BCUT2D eigenvalue weighted by Gasteiger charge is 2.35. The molecule has 1 aliphatic rings. The lowest BCUT2D eigenvalue weighted by atomic mass is 10.00. The molecular formula is C15H29FN2O. The molecule has 0 spiro atoms. The van der Waals surface area contributed by atoms with Gasteiger partial charge in [-0.05, 0) is 27.2 Å². The van der Waals surface area contributed by atoms with Crippen molar-refractivity contribution in [3.8, 4) is 0 Å². The van der Waals surface area contributed by atoms with E-state index in [0.717, 1.165) is 19.3 Å². The minimum Gasteiger partial charge on any atom is -0.335 e. The van der Waals surface area contributed by atoms with Gasteiger partial charge in [-0.2, -0.15) is 0 Å². The minimum atomic E-state index is -0.820. The van der Waals surface area contributed by atoms with Crippen molar-refractivity contribution in [2.75, 3.05) is 13.1 Å². The first kappa shape index (κ1) is 16.4. The average molecular weight is 272 g/mol. The van der Waals surface area contributed by atoms with Gasteiger partial charge in [0.2, 0.25) is 5.91 Å². The summed E-state index contributed by atoms with van der Waals surface area (Å²) in [6.45, 7) is 8.91. The maximum absolute atomic E-state index is 12.9. The molecule has 1 rings (SSSR count). The number of halogens is 1. The quantitative estimate of drug-likeness (QED) is 0.723. The second-order valence-electron chi connectivity index (χ2n) is 6.64. The molecule has 0 aromatic carbocycles. The van der Waals surface area contributed by atoms with Crippen LogP contribution in [0.4, 0.5) is 4.39 Å². The number of nitrogens with one attached hydrogen (secondary N) is 1. The van der Waals surface area contributed by atoms with E-state index in [1.165, 1.54) is 12.8 Å². The van der Waals surface area contributed by atoms with E-state index in [4.69, 9.17) is 0 Å². The van der Waals surface area contributed by atoms with Gasteiger partial charge >= 0.3 is 0 Å². The van der Waals surface area contributed by atoms with Crippen LogP contribution in [0.25, 0.3) is 0 Å². The van der Waals surface area contributed by atoms with Crippen molar-refractivity contribution in [1.82, 2.24) is 10.2 Å². The van der Waals surface area contributed by atoms with Gasteiger partial charge in [-0.25, -0.2) is 4.39 Å². The number of rotatable bonds is 7. The Labute approximate surface area is 116 Å². The standard InChI is InChI=1S/C15H29FN2O/c1-5-6-7-8-9-13(17-15(2,3)4)14(19)18-10-12(16)11-18/h12-13,17H,5-11H2,1-4H3. The fraction of sp³-hybridized carbons (Fsp3) is 0.933. The minimum absolute atomic E-state index is 0.0697. The molecule has 1 unspecified atom stereocenters. The molecule has 0 aromatic heterocycles. The summed E-state index contributed by atoms with van der Waals surface area (Å²) in [5.41, 5.74) is -0.0922. The van der Waals surface area contributed by atoms with E-state index in [1.54, 1.807) is 4.90 Å². The molecule has 0 radical (unpaired) electrons. The Kier molecular flexibility index (Phi) is 6.24. The van der Waals surface area contributed by atoms with Crippen LogP contribution in [0, 0.1) is 0 Å². The van der Waals surface area contributed by atoms with Crippen LogP contribution in [-0.4, -0.2) is 41.6 Å². The highest BCUT2D eigenvalue weighted by Crippen LogP contribution is 2.17. The second kappa shape index (κ2) is 7.22. The summed E-state index contributed by atoms with van der Waals surface area (Å²) < 4.78 is 12.9. The van der Waals surface area contributed by atoms with Crippen LogP contribution in [0.5, 0.6) is 0 Å². The molecule has 19 heavy (non-hydrogen) atoms. The van der Waals surface area contributed by atoms with E-state index >= 15 is 0 Å². The number of nitrogens with zero attached hydrogens (tertiary/aromatic N) is 1. The zero-order chi connectivity index (χ0) is 14.5. The molecule has 1 atom stereocenters. The zero-order valence-corrected chi connectivity index (χ0v) is 12.8. The van der Waals surface area contributed by atoms with Gasteiger partial charge in [0, 0.05) is 5.54 Å². The van der Waals surface area contributed by atoms with Crippen LogP contribution in [-0.2, 0) is 4.79 Å². The monoisotopic (exact) mass is 272 g/mol. The maximum Gasteiger partial charge on any atom is 0.239 e. The summed E-state index contributed by atoms with van der Waals surface area (Å²) in [6, 6.07) is -0.163. The Bertz CT molecular complexity index is 282. The Balaban J connectivity index is 2.46. The van der Waals surface area contributed by atoms with Crippen molar-refractivity contribution >= 4 is 5.91 Å². The predicted octanol–water partition coefficient (Wildman–Crippen LogP) is 2.89. The van der Waals surface area contributed by atoms with Crippen LogP contribution < -0.4 is 5.32 Å². The Morgan fingerprint density at radius 2 is 1.95 bits per heavy atom. The lowest BCUT2D eigenvalue weighted by Gasteiger charge is -2.38. The molecule has 1 fully saturated rings. The van der Waals surface area contributed by atoms with Crippen LogP contribution in [0.1, 0.15) is 59.8 Å². The number of hydrogen-bond acceptors (Lipinski definition) is 2. The molecule has 1 N–H and O–H groups in total. The van der Waals surface area contributed by atoms with Crippen LogP contribution in [0.2, 0.25) is 0 Å². The topological polar surface area (TPSA) is 32.3 Å². The third-order valence-electron chi connectivity index (χ3n) is 3.40. The number of amides is 1. The van der Waals surface area contributed by atoms with Crippen LogP contribution in [0.15, 0.2) is 0 Å². The normalized spacial score (nSPS) is 18.3. The largest absolute Gasteiger partial charge is 0.335 e. The molecule has 112 valence electrons. The molecule has 1 aliphatic heterocycles. The van der Waals surface area contributed by atoms with Crippen molar-refractivity contribution in [2.24, 2.45) is 0 Å². The second-order valence-corrected chi connectivity index (χ2v) is 6.64. The van der Waals surface area contributed by atoms with Gasteiger partial charge < -0.3 is 10.2 Å². The molecule has 4 heteroatoms. The summed E-state index contributed by atoms with van der Waals surface area (Å²) in [6.07, 6.45) is 4.66. The molecule has 1 amide bonds. The molecule has 3 nitrogen and oxygen atoms in total. The summed E-state index contributed by atoms with van der Waals surface area (Å²) in [5.74, 6) is 0.0697. The first-order valence-corrected chi connectivity index (χ1v) is 7.54. The number of carbonyl (C=O) groups excluding carboxylic acids is 1. The van der Waals surface area contributed by atoms with Gasteiger partial charge in [0.1, 0.15) is 6.17 Å². The SMILES string of the molecule is CCCCCCC(NC(C)(C)C)C(=O)N1CC(F)C1.